The second-order valence-electron chi connectivity index (χ2n) is 7.91. The molecule has 5 rings (SSSR count). The fourth-order valence-electron chi connectivity index (χ4n) is 4.72. The highest BCUT2D eigenvalue weighted by atomic mass is 16.5. The summed E-state index contributed by atoms with van der Waals surface area (Å²) in [5.41, 5.74) is 10.8. The molecule has 0 radical (unpaired) electrons. The van der Waals surface area contributed by atoms with Gasteiger partial charge in [-0.1, -0.05) is 24.3 Å². The molecule has 1 aromatic carbocycles. The summed E-state index contributed by atoms with van der Waals surface area (Å²) in [5.74, 6) is 0.419. The molecule has 1 aromatic heterocycles. The van der Waals surface area contributed by atoms with Gasteiger partial charge in [-0.25, -0.2) is 9.98 Å². The Balaban J connectivity index is 1.46. The third-order valence-corrected chi connectivity index (χ3v) is 6.28. The van der Waals surface area contributed by atoms with Crippen LogP contribution in [0, 0.1) is 0 Å². The summed E-state index contributed by atoms with van der Waals surface area (Å²) in [4.78, 5) is 26.1. The number of hydrogen-bond acceptors (Lipinski definition) is 6. The Kier molecular flexibility index (Phi) is 4.47. The van der Waals surface area contributed by atoms with Gasteiger partial charge in [0.1, 0.15) is 5.69 Å². The van der Waals surface area contributed by atoms with E-state index in [1.54, 1.807) is 6.20 Å². The van der Waals surface area contributed by atoms with Gasteiger partial charge in [0.05, 0.1) is 37.2 Å². The van der Waals surface area contributed by atoms with Crippen LogP contribution in [0.1, 0.15) is 52.1 Å². The first-order chi connectivity index (χ1) is 14.1. The lowest BCUT2D eigenvalue weighted by atomic mass is 9.87. The first kappa shape index (κ1) is 18.1. The fraction of sp³-hybridized carbons (Fsp3) is 0.409. The summed E-state index contributed by atoms with van der Waals surface area (Å²) in [6.07, 6.45) is 4.78. The fourth-order valence-corrected chi connectivity index (χ4v) is 4.72. The van der Waals surface area contributed by atoms with Gasteiger partial charge in [0.2, 0.25) is 0 Å². The van der Waals surface area contributed by atoms with Crippen molar-refractivity contribution < 1.29 is 9.53 Å². The second-order valence-corrected chi connectivity index (χ2v) is 7.91. The van der Waals surface area contributed by atoms with E-state index in [0.29, 0.717) is 31.4 Å². The lowest BCUT2D eigenvalue weighted by Gasteiger charge is -2.39. The van der Waals surface area contributed by atoms with Crippen molar-refractivity contribution in [3.05, 3.63) is 58.9 Å². The van der Waals surface area contributed by atoms with E-state index in [0.717, 1.165) is 30.5 Å². The standard InChI is InChI=1S/C22H25N5O2/c1-26(19-8-4-6-14-5-2-3-7-15(14)19)21(28)17-11-16-18(12-24-17)25-22(23)27-9-10-29-13-20(16)27/h2-3,5,7,11-12,19-20H,4,6,8-10,13H2,1H3,(H2,23,25)/t19-,20-/m0/s1. The number of carbonyl (C=O) groups is 1. The maximum Gasteiger partial charge on any atom is 0.272 e. The minimum atomic E-state index is -0.0692. The number of fused-ring (bicyclic) bond motifs is 4. The van der Waals surface area contributed by atoms with Crippen molar-refractivity contribution in [2.45, 2.75) is 31.3 Å². The summed E-state index contributed by atoms with van der Waals surface area (Å²) in [6, 6.07) is 10.3. The van der Waals surface area contributed by atoms with Crippen molar-refractivity contribution in [2.24, 2.45) is 10.7 Å². The van der Waals surface area contributed by atoms with Crippen LogP contribution in [-0.2, 0) is 11.2 Å². The molecule has 2 aliphatic heterocycles. The number of nitrogens with two attached hydrogens (primary N) is 1. The number of hydrogen-bond donors (Lipinski definition) is 1. The molecule has 150 valence electrons. The number of pyridine rings is 1. The highest BCUT2D eigenvalue weighted by Gasteiger charge is 2.33. The van der Waals surface area contributed by atoms with Gasteiger partial charge in [0.25, 0.3) is 5.91 Å². The Morgan fingerprint density at radius 2 is 2.17 bits per heavy atom. The van der Waals surface area contributed by atoms with E-state index in [2.05, 4.69) is 28.2 Å². The maximum absolute atomic E-state index is 13.3. The minimum absolute atomic E-state index is 0.0217. The number of rotatable bonds is 2. The van der Waals surface area contributed by atoms with Gasteiger partial charge in [0, 0.05) is 19.2 Å². The summed E-state index contributed by atoms with van der Waals surface area (Å²) < 4.78 is 5.66. The molecular weight excluding hydrogens is 366 g/mol. The highest BCUT2D eigenvalue weighted by Crippen LogP contribution is 2.37. The molecule has 0 bridgehead atoms. The monoisotopic (exact) mass is 391 g/mol. The van der Waals surface area contributed by atoms with Crippen molar-refractivity contribution in [2.75, 3.05) is 26.8 Å². The van der Waals surface area contributed by atoms with E-state index >= 15 is 0 Å². The molecule has 3 aliphatic rings. The van der Waals surface area contributed by atoms with Gasteiger partial charge in [0.15, 0.2) is 5.96 Å². The number of carbonyl (C=O) groups excluding carboxylic acids is 1. The molecule has 0 spiro atoms. The Labute approximate surface area is 170 Å². The van der Waals surface area contributed by atoms with Crippen LogP contribution in [0.15, 0.2) is 41.5 Å². The Hall–Kier alpha value is -2.93. The van der Waals surface area contributed by atoms with E-state index in [4.69, 9.17) is 10.5 Å². The van der Waals surface area contributed by atoms with Gasteiger partial charge in [-0.05, 0) is 36.5 Å². The van der Waals surface area contributed by atoms with Crippen LogP contribution in [0.5, 0.6) is 0 Å². The van der Waals surface area contributed by atoms with Crippen LogP contribution in [0.3, 0.4) is 0 Å². The average Bonchev–Trinajstić information content (AvgIpc) is 2.78. The number of benzene rings is 1. The van der Waals surface area contributed by atoms with Crippen LogP contribution >= 0.6 is 0 Å². The molecule has 0 saturated carbocycles. The maximum atomic E-state index is 13.3. The van der Waals surface area contributed by atoms with Crippen molar-refractivity contribution in [3.8, 4) is 0 Å². The quantitative estimate of drug-likeness (QED) is 0.851. The number of morpholine rings is 1. The first-order valence-electron chi connectivity index (χ1n) is 10.2. The first-order valence-corrected chi connectivity index (χ1v) is 10.2. The number of nitrogens with zero attached hydrogens (tertiary/aromatic N) is 4. The molecular formula is C22H25N5O2. The average molecular weight is 391 g/mol. The van der Waals surface area contributed by atoms with Crippen LogP contribution in [0.4, 0.5) is 5.69 Å². The summed E-state index contributed by atoms with van der Waals surface area (Å²) in [7, 11) is 1.88. The second kappa shape index (κ2) is 7.15. The van der Waals surface area contributed by atoms with E-state index in [-0.39, 0.29) is 18.0 Å². The molecule has 2 aromatic rings. The zero-order valence-electron chi connectivity index (χ0n) is 16.5. The van der Waals surface area contributed by atoms with Crippen molar-refractivity contribution in [3.63, 3.8) is 0 Å². The molecule has 1 fully saturated rings. The number of aryl methyl sites for hydroxylation is 1. The Morgan fingerprint density at radius 3 is 3.07 bits per heavy atom. The molecule has 3 heterocycles. The Bertz CT molecular complexity index is 989. The molecule has 2 N–H and O–H groups in total. The summed E-state index contributed by atoms with van der Waals surface area (Å²) in [6.45, 7) is 1.86. The number of guanidine groups is 1. The molecule has 1 saturated heterocycles. The zero-order valence-corrected chi connectivity index (χ0v) is 16.5. The van der Waals surface area contributed by atoms with Crippen LogP contribution in [-0.4, -0.2) is 53.5 Å². The third kappa shape index (κ3) is 3.06. The largest absolute Gasteiger partial charge is 0.377 e. The minimum Gasteiger partial charge on any atom is -0.377 e. The Morgan fingerprint density at radius 1 is 1.31 bits per heavy atom. The van der Waals surface area contributed by atoms with Gasteiger partial charge < -0.3 is 20.3 Å². The molecule has 7 heteroatoms. The van der Waals surface area contributed by atoms with Crippen LogP contribution in [0.2, 0.25) is 0 Å². The lowest BCUT2D eigenvalue weighted by molar-refractivity contribution is 0.0240. The molecule has 1 aliphatic carbocycles. The number of aromatic nitrogens is 1. The molecule has 0 unspecified atom stereocenters. The van der Waals surface area contributed by atoms with E-state index in [1.807, 2.05) is 29.0 Å². The molecule has 7 nitrogen and oxygen atoms in total. The van der Waals surface area contributed by atoms with E-state index in [1.165, 1.54) is 11.1 Å². The van der Waals surface area contributed by atoms with Crippen molar-refractivity contribution >= 4 is 17.6 Å². The van der Waals surface area contributed by atoms with Gasteiger partial charge in [-0.2, -0.15) is 0 Å². The molecule has 29 heavy (non-hydrogen) atoms. The van der Waals surface area contributed by atoms with E-state index < -0.39 is 0 Å². The van der Waals surface area contributed by atoms with Gasteiger partial charge in [-0.15, -0.1) is 0 Å². The van der Waals surface area contributed by atoms with Gasteiger partial charge >= 0.3 is 0 Å². The molecule has 2 atom stereocenters. The number of aliphatic imine (C=N–C) groups is 1. The normalized spacial score (nSPS) is 22.8. The predicted octanol–water partition coefficient (Wildman–Crippen LogP) is 2.56. The smallest absolute Gasteiger partial charge is 0.272 e. The van der Waals surface area contributed by atoms with Gasteiger partial charge in [-0.3, -0.25) is 4.79 Å². The third-order valence-electron chi connectivity index (χ3n) is 6.28. The molecule has 1 amide bonds. The summed E-state index contributed by atoms with van der Waals surface area (Å²) in [5, 5.41) is 0. The number of ether oxygens (including phenoxy) is 1. The predicted molar refractivity (Wildman–Crippen MR) is 110 cm³/mol. The zero-order chi connectivity index (χ0) is 20.0. The summed E-state index contributed by atoms with van der Waals surface area (Å²) >= 11 is 0. The lowest BCUT2D eigenvalue weighted by Crippen LogP contribution is -2.48. The topological polar surface area (TPSA) is 84.0 Å². The van der Waals surface area contributed by atoms with Crippen molar-refractivity contribution in [1.82, 2.24) is 14.8 Å². The van der Waals surface area contributed by atoms with Crippen LogP contribution in [0.25, 0.3) is 0 Å². The van der Waals surface area contributed by atoms with E-state index in [9.17, 15) is 4.79 Å². The van der Waals surface area contributed by atoms with Crippen molar-refractivity contribution in [1.29, 1.82) is 0 Å². The SMILES string of the molecule is CN(C(=O)c1cc2c(cn1)N=C(N)N1CCOC[C@@H]21)[C@H]1CCCc2ccccc21. The number of amides is 1. The highest BCUT2D eigenvalue weighted by molar-refractivity contribution is 5.93. The van der Waals surface area contributed by atoms with Crippen LogP contribution < -0.4 is 5.73 Å².